The van der Waals surface area contributed by atoms with Gasteiger partial charge in [0.05, 0.1) is 12.2 Å². The minimum Gasteiger partial charge on any atom is -0.387 e. The van der Waals surface area contributed by atoms with E-state index in [4.69, 9.17) is 22.1 Å². The van der Waals surface area contributed by atoms with Crippen molar-refractivity contribution >= 4 is 28.6 Å². The van der Waals surface area contributed by atoms with Crippen molar-refractivity contribution in [2.45, 2.75) is 50.7 Å². The second kappa shape index (κ2) is 7.54. The van der Waals surface area contributed by atoms with Crippen LogP contribution in [0.1, 0.15) is 38.2 Å². The molecule has 1 aliphatic rings. The number of unbranched alkanes of at least 4 members (excludes halogenated alkanes) is 2. The summed E-state index contributed by atoms with van der Waals surface area (Å²) in [6, 6.07) is 0. The van der Waals surface area contributed by atoms with Gasteiger partial charge in [0.15, 0.2) is 17.7 Å². The van der Waals surface area contributed by atoms with Crippen molar-refractivity contribution in [3.05, 3.63) is 12.2 Å². The number of aliphatic hydroxyl groups excluding tert-OH is 2. The maximum Gasteiger partial charge on any atom is 0.208 e. The van der Waals surface area contributed by atoms with E-state index in [9.17, 15) is 10.2 Å². The molecule has 9 heteroatoms. The zero-order valence-electron chi connectivity index (χ0n) is 13.8. The maximum atomic E-state index is 10.2. The molecule has 2 unspecified atom stereocenters. The number of fused-ring (bicyclic) bond motifs is 1. The lowest BCUT2D eigenvalue weighted by molar-refractivity contribution is -0.0291. The monoisotopic (exact) mass is 365 g/mol. The average molecular weight is 366 g/mol. The number of aromatic nitrogens is 4. The molecular weight excluding hydrogens is 346 g/mol. The van der Waals surface area contributed by atoms with Gasteiger partial charge in [-0.25, -0.2) is 15.0 Å². The van der Waals surface area contributed by atoms with Gasteiger partial charge in [-0.2, -0.15) is 0 Å². The number of alkyl halides is 1. The summed E-state index contributed by atoms with van der Waals surface area (Å²) in [5.74, 6) is 6.45. The Labute approximate surface area is 150 Å². The molecule has 2 aromatic heterocycles. The van der Waals surface area contributed by atoms with Crippen LogP contribution in [0.5, 0.6) is 0 Å². The van der Waals surface area contributed by atoms with Crippen LogP contribution in [0.3, 0.4) is 0 Å². The molecule has 0 aliphatic carbocycles. The predicted molar refractivity (Wildman–Crippen MR) is 92.8 cm³/mol. The second-order valence-corrected chi connectivity index (χ2v) is 6.17. The van der Waals surface area contributed by atoms with Crippen LogP contribution in [0.2, 0.25) is 0 Å². The summed E-state index contributed by atoms with van der Waals surface area (Å²) in [5.41, 5.74) is 6.72. The van der Waals surface area contributed by atoms with Crippen molar-refractivity contribution in [3.63, 3.8) is 0 Å². The Kier molecular flexibility index (Phi) is 5.39. The third-order valence-corrected chi connectivity index (χ3v) is 4.37. The summed E-state index contributed by atoms with van der Waals surface area (Å²) >= 11 is 5.76. The van der Waals surface area contributed by atoms with Gasteiger partial charge in [0.1, 0.15) is 23.8 Å². The molecule has 0 aromatic carbocycles. The van der Waals surface area contributed by atoms with E-state index < -0.39 is 24.5 Å². The van der Waals surface area contributed by atoms with Crippen molar-refractivity contribution in [1.29, 1.82) is 0 Å². The van der Waals surface area contributed by atoms with Crippen LogP contribution in [0.25, 0.3) is 11.2 Å². The Balaban J connectivity index is 1.97. The summed E-state index contributed by atoms with van der Waals surface area (Å²) in [6.45, 7) is 2.09. The molecule has 1 fully saturated rings. The number of anilines is 1. The van der Waals surface area contributed by atoms with Crippen LogP contribution in [-0.2, 0) is 4.74 Å². The Morgan fingerprint density at radius 1 is 1.36 bits per heavy atom. The largest absolute Gasteiger partial charge is 0.387 e. The van der Waals surface area contributed by atoms with Gasteiger partial charge >= 0.3 is 0 Å². The molecule has 3 heterocycles. The van der Waals surface area contributed by atoms with Gasteiger partial charge in [0.2, 0.25) is 5.82 Å². The van der Waals surface area contributed by atoms with E-state index in [-0.39, 0.29) is 17.5 Å². The van der Waals surface area contributed by atoms with Crippen LogP contribution in [-0.4, -0.2) is 53.9 Å². The Morgan fingerprint density at radius 3 is 2.84 bits per heavy atom. The molecule has 4 N–H and O–H groups in total. The van der Waals surface area contributed by atoms with Crippen LogP contribution < -0.4 is 5.73 Å². The molecule has 4 atom stereocenters. The smallest absolute Gasteiger partial charge is 0.208 e. The first-order valence-electron chi connectivity index (χ1n) is 8.13. The van der Waals surface area contributed by atoms with Crippen molar-refractivity contribution in [3.8, 4) is 11.8 Å². The quantitative estimate of drug-likeness (QED) is 0.416. The third kappa shape index (κ3) is 3.41. The summed E-state index contributed by atoms with van der Waals surface area (Å²) in [6.07, 6.45) is 0.480. The molecule has 25 heavy (non-hydrogen) atoms. The van der Waals surface area contributed by atoms with Crippen LogP contribution >= 0.6 is 11.6 Å². The Morgan fingerprint density at radius 2 is 2.16 bits per heavy atom. The van der Waals surface area contributed by atoms with Gasteiger partial charge < -0.3 is 20.7 Å². The molecule has 0 bridgehead atoms. The topological polar surface area (TPSA) is 119 Å². The van der Waals surface area contributed by atoms with Gasteiger partial charge in [-0.3, -0.25) is 4.57 Å². The normalized spacial score (nSPS) is 25.9. The van der Waals surface area contributed by atoms with Crippen molar-refractivity contribution < 1.29 is 14.9 Å². The number of nitrogens with zero attached hydrogens (tertiary/aromatic N) is 4. The van der Waals surface area contributed by atoms with E-state index in [0.29, 0.717) is 11.2 Å². The Hall–Kier alpha value is -1.92. The molecule has 0 amide bonds. The van der Waals surface area contributed by atoms with Crippen molar-refractivity contribution in [2.24, 2.45) is 0 Å². The summed E-state index contributed by atoms with van der Waals surface area (Å²) in [7, 11) is 0. The highest BCUT2D eigenvalue weighted by Crippen LogP contribution is 2.32. The number of nitrogen functional groups attached to an aromatic ring is 1. The van der Waals surface area contributed by atoms with Crippen LogP contribution in [0.4, 0.5) is 5.82 Å². The molecule has 1 aliphatic heterocycles. The first-order valence-corrected chi connectivity index (χ1v) is 8.66. The lowest BCUT2D eigenvalue weighted by Crippen LogP contribution is -2.32. The SMILES string of the molecule is CCCCC#Cc1nc(N)c2ncn([C@@H]3O[C@H](CCl)C(O)C3O)c2n1. The Bertz CT molecular complexity index is 815. The van der Waals surface area contributed by atoms with E-state index >= 15 is 0 Å². The summed E-state index contributed by atoms with van der Waals surface area (Å²) in [4.78, 5) is 12.7. The molecular formula is C16H20ClN5O3. The number of ether oxygens (including phenoxy) is 1. The number of halogens is 1. The molecule has 2 aromatic rings. The molecule has 1 saturated heterocycles. The molecule has 8 nitrogen and oxygen atoms in total. The lowest BCUT2D eigenvalue weighted by atomic mass is 10.1. The molecule has 3 rings (SSSR count). The van der Waals surface area contributed by atoms with Crippen LogP contribution in [0, 0.1) is 11.8 Å². The highest BCUT2D eigenvalue weighted by Gasteiger charge is 2.43. The number of hydrogen-bond donors (Lipinski definition) is 3. The number of aliphatic hydroxyl groups is 2. The minimum atomic E-state index is -1.16. The van der Waals surface area contributed by atoms with E-state index in [0.717, 1.165) is 19.3 Å². The summed E-state index contributed by atoms with van der Waals surface area (Å²) in [5, 5.41) is 20.2. The van der Waals surface area contributed by atoms with Gasteiger partial charge in [0.25, 0.3) is 0 Å². The zero-order valence-corrected chi connectivity index (χ0v) is 14.5. The predicted octanol–water partition coefficient (Wildman–Crippen LogP) is 0.808. The lowest BCUT2D eigenvalue weighted by Gasteiger charge is -2.16. The second-order valence-electron chi connectivity index (χ2n) is 5.86. The fourth-order valence-corrected chi connectivity index (χ4v) is 2.93. The third-order valence-electron chi connectivity index (χ3n) is 4.07. The standard InChI is InChI=1S/C16H20ClN5O3/c1-2-3-4-5-6-10-20-14(18)11-15(21-10)22(8-19-11)16-13(24)12(23)9(7-17)25-16/h8-9,12-13,16,23-24H,2-4,7H2,1H3,(H2,18,20,21)/t9-,12?,13?,16-/m1/s1. The zero-order chi connectivity index (χ0) is 18.0. The highest BCUT2D eigenvalue weighted by molar-refractivity contribution is 6.18. The van der Waals surface area contributed by atoms with Gasteiger partial charge in [0, 0.05) is 6.42 Å². The fourth-order valence-electron chi connectivity index (χ4n) is 2.67. The molecule has 0 spiro atoms. The van der Waals surface area contributed by atoms with E-state index in [2.05, 4.69) is 33.7 Å². The summed E-state index contributed by atoms with van der Waals surface area (Å²) < 4.78 is 7.15. The molecule has 0 saturated carbocycles. The number of rotatable bonds is 4. The highest BCUT2D eigenvalue weighted by atomic mass is 35.5. The van der Waals surface area contributed by atoms with E-state index in [1.54, 1.807) is 0 Å². The minimum absolute atomic E-state index is 0.0621. The number of hydrogen-bond acceptors (Lipinski definition) is 7. The van der Waals surface area contributed by atoms with Crippen LogP contribution in [0.15, 0.2) is 6.33 Å². The van der Waals surface area contributed by atoms with Crippen molar-refractivity contribution in [2.75, 3.05) is 11.6 Å². The van der Waals surface area contributed by atoms with Gasteiger partial charge in [-0.05, 0) is 12.3 Å². The van der Waals surface area contributed by atoms with E-state index in [1.165, 1.54) is 10.9 Å². The molecule has 134 valence electrons. The van der Waals surface area contributed by atoms with Gasteiger partial charge in [-0.15, -0.1) is 11.6 Å². The number of imidazole rings is 1. The molecule has 0 radical (unpaired) electrons. The first-order chi connectivity index (χ1) is 12.1. The van der Waals surface area contributed by atoms with Gasteiger partial charge in [-0.1, -0.05) is 19.3 Å². The maximum absolute atomic E-state index is 10.2. The average Bonchev–Trinajstić information content (AvgIpc) is 3.14. The fraction of sp³-hybridized carbons (Fsp3) is 0.562. The van der Waals surface area contributed by atoms with E-state index in [1.807, 2.05) is 0 Å². The van der Waals surface area contributed by atoms with Crippen molar-refractivity contribution in [1.82, 2.24) is 19.5 Å². The first kappa shape index (κ1) is 17.9. The number of nitrogens with two attached hydrogens (primary N) is 1.